The van der Waals surface area contributed by atoms with Gasteiger partial charge in [-0.05, 0) is 12.1 Å². The molecule has 1 heteroatoms. The van der Waals surface area contributed by atoms with E-state index in [2.05, 4.69) is 33.3 Å². The summed E-state index contributed by atoms with van der Waals surface area (Å²) in [6, 6.07) is 11.2. The molecule has 0 saturated heterocycles. The molecule has 53 valence electrons. The van der Waals surface area contributed by atoms with Gasteiger partial charge in [-0.25, -0.2) is 0 Å². The topological polar surface area (TPSA) is 0 Å². The van der Waals surface area contributed by atoms with E-state index < -0.39 is 0 Å². The zero-order valence-electron chi connectivity index (χ0n) is 6.76. The fourth-order valence-electron chi connectivity index (χ4n) is 0.801. The van der Waals surface area contributed by atoms with Crippen LogP contribution < -0.4 is 4.48 Å². The lowest BCUT2D eigenvalue weighted by Gasteiger charge is -2.22. The Bertz CT molecular complexity index is 196. The number of para-hydroxylation sites is 1. The lowest BCUT2D eigenvalue weighted by atomic mass is 10.3. The minimum Gasteiger partial charge on any atom is -0.298 e. The fraction of sp³-hybridized carbons (Fsp3) is 0.333. The summed E-state index contributed by atoms with van der Waals surface area (Å²) in [5.41, 5.74) is 1.21. The quantitative estimate of drug-likeness (QED) is 0.514. The molecule has 0 aliphatic carbocycles. The van der Waals surface area contributed by atoms with E-state index in [1.54, 1.807) is 0 Å². The molecule has 10 heavy (non-hydrogen) atoms. The van der Waals surface area contributed by atoms with Gasteiger partial charge in [0.1, 0.15) is 5.69 Å². The normalized spacial score (nSPS) is 11.5. The predicted molar refractivity (Wildman–Crippen MR) is 44.8 cm³/mol. The van der Waals surface area contributed by atoms with Crippen molar-refractivity contribution in [3.8, 4) is 0 Å². The molecule has 0 aromatic heterocycles. The van der Waals surface area contributed by atoms with E-state index in [1.807, 2.05) is 18.2 Å². The largest absolute Gasteiger partial charge is 0.298 e. The van der Waals surface area contributed by atoms with Gasteiger partial charge in [0.15, 0.2) is 0 Å². The smallest absolute Gasteiger partial charge is 0.140 e. The maximum atomic E-state index is 3.18. The summed E-state index contributed by atoms with van der Waals surface area (Å²) in [6.07, 6.45) is 0. The van der Waals surface area contributed by atoms with Gasteiger partial charge in [0.2, 0.25) is 0 Å². The summed E-state index contributed by atoms with van der Waals surface area (Å²) in [5.74, 6) is 0. The molecule has 0 aliphatic rings. The van der Waals surface area contributed by atoms with Crippen molar-refractivity contribution in [1.29, 1.82) is 0 Å². The molecule has 0 N–H and O–H groups in total. The number of hydrogen-bond acceptors (Lipinski definition) is 0. The second-order valence-corrected chi connectivity index (χ2v) is 3.26. The summed E-state index contributed by atoms with van der Waals surface area (Å²) in [5, 5.41) is 0. The average molecular weight is 135 g/mol. The average Bonchev–Trinajstić information content (AvgIpc) is 1.88. The predicted octanol–water partition coefficient (Wildman–Crippen LogP) is 1.68. The zero-order chi connectivity index (χ0) is 7.61. The first-order valence-electron chi connectivity index (χ1n) is 3.39. The number of benzene rings is 1. The molecule has 0 saturated carbocycles. The molecule has 1 rings (SSSR count). The van der Waals surface area contributed by atoms with Crippen LogP contribution in [0.25, 0.3) is 0 Å². The van der Waals surface area contributed by atoms with Crippen molar-refractivity contribution >= 4 is 5.69 Å². The van der Waals surface area contributed by atoms with E-state index in [0.29, 0.717) is 0 Å². The molecule has 0 unspecified atom stereocenters. The van der Waals surface area contributed by atoms with Gasteiger partial charge < -0.3 is 0 Å². The Kier molecular flexibility index (Phi) is 1.77. The number of nitrogens with zero attached hydrogens (tertiary/aromatic N) is 1. The van der Waals surface area contributed by atoms with Gasteiger partial charge in [0.05, 0.1) is 21.1 Å². The SMILES string of the molecule is C[N+](C)(C)c1[c]cccc1. The third kappa shape index (κ3) is 1.58. The summed E-state index contributed by atoms with van der Waals surface area (Å²) >= 11 is 0. The van der Waals surface area contributed by atoms with Gasteiger partial charge in [-0.1, -0.05) is 12.1 Å². The Morgan fingerprint density at radius 2 is 1.90 bits per heavy atom. The molecule has 0 amide bonds. The van der Waals surface area contributed by atoms with Crippen molar-refractivity contribution in [2.75, 3.05) is 21.1 Å². The van der Waals surface area contributed by atoms with Crippen molar-refractivity contribution < 1.29 is 0 Å². The number of rotatable bonds is 1. The van der Waals surface area contributed by atoms with E-state index in [4.69, 9.17) is 0 Å². The van der Waals surface area contributed by atoms with Crippen LogP contribution in [-0.2, 0) is 0 Å². The minimum atomic E-state index is 0.834. The van der Waals surface area contributed by atoms with Crippen LogP contribution in [0.1, 0.15) is 0 Å². The Morgan fingerprint density at radius 3 is 2.20 bits per heavy atom. The molecular weight excluding hydrogens is 122 g/mol. The molecule has 0 spiro atoms. The third-order valence-corrected chi connectivity index (χ3v) is 1.42. The summed E-state index contributed by atoms with van der Waals surface area (Å²) in [6.45, 7) is 0. The first-order chi connectivity index (χ1) is 4.61. The molecule has 1 aromatic rings. The highest BCUT2D eigenvalue weighted by atomic mass is 15.3. The van der Waals surface area contributed by atoms with Crippen molar-refractivity contribution in [2.24, 2.45) is 0 Å². The third-order valence-electron chi connectivity index (χ3n) is 1.42. The van der Waals surface area contributed by atoms with Gasteiger partial charge in [-0.15, -0.1) is 0 Å². The van der Waals surface area contributed by atoms with E-state index in [0.717, 1.165) is 4.48 Å². The molecule has 0 bridgehead atoms. The maximum absolute atomic E-state index is 3.18. The van der Waals surface area contributed by atoms with Gasteiger partial charge in [-0.3, -0.25) is 4.48 Å². The summed E-state index contributed by atoms with van der Waals surface area (Å²) in [7, 11) is 6.39. The number of hydrogen-bond donors (Lipinski definition) is 0. The molecular formula is C9H13N+. The van der Waals surface area contributed by atoms with Crippen LogP contribution in [0.5, 0.6) is 0 Å². The summed E-state index contributed by atoms with van der Waals surface area (Å²) < 4.78 is 0.834. The zero-order valence-corrected chi connectivity index (χ0v) is 6.76. The standard InChI is InChI=1S/C9H13N/c1-10(2,3)9-7-5-4-6-8-9/h4-7H,1-3H3/q+1. The van der Waals surface area contributed by atoms with Gasteiger partial charge in [0, 0.05) is 6.07 Å². The lowest BCUT2D eigenvalue weighted by Crippen LogP contribution is -2.34. The fourth-order valence-corrected chi connectivity index (χ4v) is 0.801. The van der Waals surface area contributed by atoms with E-state index in [1.165, 1.54) is 5.69 Å². The molecule has 0 atom stereocenters. The Morgan fingerprint density at radius 1 is 1.20 bits per heavy atom. The van der Waals surface area contributed by atoms with E-state index in [-0.39, 0.29) is 0 Å². The monoisotopic (exact) mass is 135 g/mol. The van der Waals surface area contributed by atoms with Crippen LogP contribution in [0.2, 0.25) is 0 Å². The Balaban J connectivity index is 2.97. The minimum absolute atomic E-state index is 0.834. The highest BCUT2D eigenvalue weighted by molar-refractivity contribution is 5.38. The highest BCUT2D eigenvalue weighted by Crippen LogP contribution is 2.13. The van der Waals surface area contributed by atoms with E-state index >= 15 is 0 Å². The summed E-state index contributed by atoms with van der Waals surface area (Å²) in [4.78, 5) is 0. The van der Waals surface area contributed by atoms with Crippen molar-refractivity contribution in [3.63, 3.8) is 0 Å². The van der Waals surface area contributed by atoms with Crippen LogP contribution in [0, 0.1) is 6.07 Å². The second kappa shape index (κ2) is 2.43. The first-order valence-corrected chi connectivity index (χ1v) is 3.39. The van der Waals surface area contributed by atoms with Crippen molar-refractivity contribution in [1.82, 2.24) is 4.48 Å². The van der Waals surface area contributed by atoms with Gasteiger partial charge >= 0.3 is 0 Å². The molecule has 0 fully saturated rings. The molecule has 1 radical (unpaired) electrons. The maximum Gasteiger partial charge on any atom is 0.140 e. The molecule has 0 aliphatic heterocycles. The first kappa shape index (κ1) is 7.29. The molecule has 1 aromatic carbocycles. The number of quaternary nitrogens is 1. The molecule has 1 nitrogen and oxygen atoms in total. The van der Waals surface area contributed by atoms with Crippen LogP contribution >= 0.6 is 0 Å². The van der Waals surface area contributed by atoms with Crippen molar-refractivity contribution in [3.05, 3.63) is 30.3 Å². The lowest BCUT2D eigenvalue weighted by molar-refractivity contribution is 0.486. The highest BCUT2D eigenvalue weighted by Gasteiger charge is 2.09. The van der Waals surface area contributed by atoms with Crippen LogP contribution in [-0.4, -0.2) is 21.1 Å². The Labute approximate surface area is 62.5 Å². The van der Waals surface area contributed by atoms with Crippen LogP contribution in [0.4, 0.5) is 5.69 Å². The van der Waals surface area contributed by atoms with Crippen LogP contribution in [0.3, 0.4) is 0 Å². The van der Waals surface area contributed by atoms with E-state index in [9.17, 15) is 0 Å². The van der Waals surface area contributed by atoms with Crippen LogP contribution in [0.15, 0.2) is 24.3 Å². The van der Waals surface area contributed by atoms with Crippen molar-refractivity contribution in [2.45, 2.75) is 0 Å². The molecule has 0 heterocycles. The van der Waals surface area contributed by atoms with Gasteiger partial charge in [0.25, 0.3) is 0 Å². The van der Waals surface area contributed by atoms with Gasteiger partial charge in [-0.2, -0.15) is 0 Å². The second-order valence-electron chi connectivity index (χ2n) is 3.26. The Hall–Kier alpha value is -0.820.